The number of aromatic nitrogens is 1. The van der Waals surface area contributed by atoms with Gasteiger partial charge < -0.3 is 16.8 Å². The topological polar surface area (TPSA) is 101 Å². The lowest BCUT2D eigenvalue weighted by atomic mass is 10.6. The Morgan fingerprint density at radius 3 is 2.62 bits per heavy atom. The van der Waals surface area contributed by atoms with Crippen LogP contribution in [0, 0.1) is 5.41 Å². The molecule has 0 aromatic carbocycles. The summed E-state index contributed by atoms with van der Waals surface area (Å²) in [7, 11) is 0. The molecule has 76 valence electrons. The third-order valence-corrected chi connectivity index (χ3v) is 1.93. The average molecular weight is 244 g/mol. The second kappa shape index (κ2) is 6.90. The van der Waals surface area contributed by atoms with E-state index in [-0.39, 0.29) is 30.8 Å². The molecule has 8 heteroatoms. The van der Waals surface area contributed by atoms with Crippen LogP contribution in [0.4, 0.5) is 5.13 Å². The summed E-state index contributed by atoms with van der Waals surface area (Å²) in [6, 6.07) is 0. The Morgan fingerprint density at radius 1 is 1.62 bits per heavy atom. The molecular weight excluding hydrogens is 233 g/mol. The normalized spacial score (nSPS) is 8.08. The van der Waals surface area contributed by atoms with Gasteiger partial charge in [-0.2, -0.15) is 0 Å². The summed E-state index contributed by atoms with van der Waals surface area (Å²) in [6.07, 6.45) is 1.66. The van der Waals surface area contributed by atoms with Crippen LogP contribution in [0.1, 0.15) is 4.88 Å². The zero-order chi connectivity index (χ0) is 8.27. The van der Waals surface area contributed by atoms with Crippen molar-refractivity contribution in [1.29, 1.82) is 5.41 Å². The summed E-state index contributed by atoms with van der Waals surface area (Å²) in [6.45, 7) is 0.469. The number of hydrogen-bond donors (Lipinski definition) is 4. The van der Waals surface area contributed by atoms with E-state index in [4.69, 9.17) is 16.9 Å². The van der Waals surface area contributed by atoms with E-state index in [1.807, 2.05) is 0 Å². The van der Waals surface area contributed by atoms with Gasteiger partial charge in [-0.05, 0) is 0 Å². The number of hydrogen-bond acceptors (Lipinski definition) is 4. The highest BCUT2D eigenvalue weighted by molar-refractivity contribution is 7.15. The van der Waals surface area contributed by atoms with Gasteiger partial charge in [0.25, 0.3) is 0 Å². The van der Waals surface area contributed by atoms with Gasteiger partial charge >= 0.3 is 0 Å². The lowest BCUT2D eigenvalue weighted by Crippen LogP contribution is -2.20. The van der Waals surface area contributed by atoms with Crippen molar-refractivity contribution in [2.24, 2.45) is 11.5 Å². The predicted molar refractivity (Wildman–Crippen MR) is 60.0 cm³/mol. The van der Waals surface area contributed by atoms with Gasteiger partial charge in [-0.1, -0.05) is 0 Å². The summed E-state index contributed by atoms with van der Waals surface area (Å²) in [5, 5.41) is 10.1. The minimum Gasteiger partial charge on any atom is -0.370 e. The highest BCUT2D eigenvalue weighted by Gasteiger charge is 1.99. The van der Waals surface area contributed by atoms with Crippen molar-refractivity contribution in [1.82, 2.24) is 4.98 Å². The lowest BCUT2D eigenvalue weighted by Gasteiger charge is -1.94. The number of nitrogens with one attached hydrogen (secondary N) is 2. The van der Waals surface area contributed by atoms with Crippen molar-refractivity contribution < 1.29 is 0 Å². The number of rotatable bonds is 2. The molecule has 1 aromatic rings. The standard InChI is InChI=1S/C5H9N5S.2ClH/c6-1-3-2-9-5(11-3)10-4(7)8;;/h2H,1,6H2,(H4,7,8,9,10);2*1H. The number of nitrogens with two attached hydrogens (primary N) is 2. The first-order valence-electron chi connectivity index (χ1n) is 2.98. The Morgan fingerprint density at radius 2 is 2.23 bits per heavy atom. The molecule has 0 atom stereocenters. The van der Waals surface area contributed by atoms with E-state index in [9.17, 15) is 0 Å². The first-order chi connectivity index (χ1) is 5.22. The van der Waals surface area contributed by atoms with Gasteiger partial charge in [0.1, 0.15) is 0 Å². The van der Waals surface area contributed by atoms with Gasteiger partial charge in [0.15, 0.2) is 11.1 Å². The molecule has 0 saturated carbocycles. The zero-order valence-corrected chi connectivity index (χ0v) is 9.06. The summed E-state index contributed by atoms with van der Waals surface area (Å²) in [4.78, 5) is 4.90. The van der Waals surface area contributed by atoms with Crippen LogP contribution in [0.2, 0.25) is 0 Å². The third-order valence-electron chi connectivity index (χ3n) is 0.996. The number of nitrogens with zero attached hydrogens (tertiary/aromatic N) is 1. The highest BCUT2D eigenvalue weighted by Crippen LogP contribution is 2.16. The zero-order valence-electron chi connectivity index (χ0n) is 6.61. The molecule has 0 aliphatic carbocycles. The molecule has 0 saturated heterocycles. The molecule has 1 rings (SSSR count). The van der Waals surface area contributed by atoms with E-state index in [2.05, 4.69) is 10.3 Å². The van der Waals surface area contributed by atoms with Crippen LogP contribution < -0.4 is 16.8 Å². The van der Waals surface area contributed by atoms with Crippen molar-refractivity contribution in [3.05, 3.63) is 11.1 Å². The van der Waals surface area contributed by atoms with Crippen molar-refractivity contribution in [3.8, 4) is 0 Å². The van der Waals surface area contributed by atoms with Crippen LogP contribution in [0.5, 0.6) is 0 Å². The monoisotopic (exact) mass is 243 g/mol. The molecule has 0 bridgehead atoms. The second-order valence-corrected chi connectivity index (χ2v) is 2.99. The van der Waals surface area contributed by atoms with E-state index in [0.717, 1.165) is 4.88 Å². The van der Waals surface area contributed by atoms with Crippen LogP contribution in [0.3, 0.4) is 0 Å². The average Bonchev–Trinajstić information content (AvgIpc) is 2.34. The van der Waals surface area contributed by atoms with E-state index >= 15 is 0 Å². The predicted octanol–water partition coefficient (Wildman–Crippen LogP) is 0.751. The SMILES string of the molecule is Cl.Cl.N=C(N)Nc1ncc(CN)s1. The molecule has 5 nitrogen and oxygen atoms in total. The Balaban J connectivity index is 0. The third kappa shape index (κ3) is 4.89. The smallest absolute Gasteiger partial charge is 0.192 e. The maximum Gasteiger partial charge on any atom is 0.192 e. The maximum absolute atomic E-state index is 6.90. The minimum absolute atomic E-state index is 0. The fraction of sp³-hybridized carbons (Fsp3) is 0.200. The Kier molecular flexibility index (Phi) is 7.93. The van der Waals surface area contributed by atoms with E-state index < -0.39 is 0 Å². The fourth-order valence-electron chi connectivity index (χ4n) is 0.575. The van der Waals surface area contributed by atoms with Crippen LogP contribution >= 0.6 is 36.2 Å². The number of halogens is 2. The molecule has 0 aliphatic heterocycles. The second-order valence-electron chi connectivity index (χ2n) is 1.87. The molecule has 6 N–H and O–H groups in total. The summed E-state index contributed by atoms with van der Waals surface area (Å²) in [5.74, 6) is -0.108. The molecule has 1 aromatic heterocycles. The first kappa shape index (κ1) is 14.9. The summed E-state index contributed by atoms with van der Waals surface area (Å²) < 4.78 is 0. The van der Waals surface area contributed by atoms with Crippen LogP contribution in [-0.2, 0) is 6.54 Å². The first-order valence-corrected chi connectivity index (χ1v) is 3.80. The minimum atomic E-state index is -0.108. The summed E-state index contributed by atoms with van der Waals surface area (Å²) in [5.41, 5.74) is 10.4. The van der Waals surface area contributed by atoms with Gasteiger partial charge in [-0.3, -0.25) is 5.41 Å². The number of anilines is 1. The molecule has 1 heterocycles. The summed E-state index contributed by atoms with van der Waals surface area (Å²) >= 11 is 1.39. The van der Waals surface area contributed by atoms with E-state index in [1.165, 1.54) is 11.3 Å². The molecule has 0 unspecified atom stereocenters. The van der Waals surface area contributed by atoms with Crippen LogP contribution in [0.15, 0.2) is 6.20 Å². The van der Waals surface area contributed by atoms with Crippen molar-refractivity contribution in [3.63, 3.8) is 0 Å². The van der Waals surface area contributed by atoms with E-state index in [1.54, 1.807) is 6.20 Å². The van der Waals surface area contributed by atoms with Gasteiger partial charge in [-0.15, -0.1) is 36.2 Å². The molecule has 0 amide bonds. The molecular formula is C5H11Cl2N5S. The largest absolute Gasteiger partial charge is 0.370 e. The van der Waals surface area contributed by atoms with Crippen LogP contribution in [0.25, 0.3) is 0 Å². The quantitative estimate of drug-likeness (QED) is 0.455. The number of thiazole rings is 1. The Labute approximate surface area is 92.2 Å². The molecule has 0 aliphatic rings. The van der Waals surface area contributed by atoms with Gasteiger partial charge in [0, 0.05) is 17.6 Å². The van der Waals surface area contributed by atoms with Gasteiger partial charge in [-0.25, -0.2) is 4.98 Å². The number of guanidine groups is 1. The fourth-order valence-corrected chi connectivity index (χ4v) is 1.28. The van der Waals surface area contributed by atoms with Gasteiger partial charge in [0.2, 0.25) is 0 Å². The van der Waals surface area contributed by atoms with Crippen molar-refractivity contribution in [2.75, 3.05) is 5.32 Å². The Hall–Kier alpha value is -0.560. The molecule has 0 fully saturated rings. The molecule has 0 spiro atoms. The van der Waals surface area contributed by atoms with Gasteiger partial charge in [0.05, 0.1) is 0 Å². The highest BCUT2D eigenvalue weighted by atomic mass is 35.5. The van der Waals surface area contributed by atoms with Crippen molar-refractivity contribution >= 4 is 47.2 Å². The lowest BCUT2D eigenvalue weighted by molar-refractivity contribution is 1.10. The molecule has 13 heavy (non-hydrogen) atoms. The molecule has 0 radical (unpaired) electrons. The maximum atomic E-state index is 6.90. The Bertz CT molecular complexity index is 263. The van der Waals surface area contributed by atoms with Crippen LogP contribution in [-0.4, -0.2) is 10.9 Å². The van der Waals surface area contributed by atoms with E-state index in [0.29, 0.717) is 11.7 Å². The van der Waals surface area contributed by atoms with Crippen molar-refractivity contribution in [2.45, 2.75) is 6.54 Å².